The van der Waals surface area contributed by atoms with Gasteiger partial charge < -0.3 is 9.47 Å². The first kappa shape index (κ1) is 23.6. The molecule has 1 unspecified atom stereocenters. The molecule has 0 bridgehead atoms. The van der Waals surface area contributed by atoms with Crippen LogP contribution in [-0.4, -0.2) is 36.2 Å². The Bertz CT molecular complexity index is 498. The minimum Gasteiger partial charge on any atom is -0.459 e. The van der Waals surface area contributed by atoms with Crippen LogP contribution in [-0.2, 0) is 19.1 Å². The molecule has 1 saturated carbocycles. The van der Waals surface area contributed by atoms with Crippen molar-refractivity contribution in [3.8, 4) is 0 Å². The van der Waals surface area contributed by atoms with Crippen molar-refractivity contribution in [2.75, 3.05) is 6.61 Å². The highest BCUT2D eigenvalue weighted by Crippen LogP contribution is 2.37. The third-order valence-electron chi connectivity index (χ3n) is 4.94. The molecule has 1 aliphatic rings. The first-order valence-corrected chi connectivity index (χ1v) is 9.25. The molecule has 0 radical (unpaired) electrons. The lowest BCUT2D eigenvalue weighted by Gasteiger charge is -2.37. The quantitative estimate of drug-likeness (QED) is 0.393. The van der Waals surface area contributed by atoms with Crippen molar-refractivity contribution in [3.63, 3.8) is 0 Å². The van der Waals surface area contributed by atoms with Gasteiger partial charge in [-0.2, -0.15) is 22.0 Å². The Kier molecular flexibility index (Phi) is 8.48. The number of esters is 2. The summed E-state index contributed by atoms with van der Waals surface area (Å²) in [4.78, 5) is 23.7. The van der Waals surface area contributed by atoms with Crippen LogP contribution < -0.4 is 0 Å². The Morgan fingerprint density at radius 3 is 2.19 bits per heavy atom. The van der Waals surface area contributed by atoms with E-state index in [2.05, 4.69) is 4.74 Å². The van der Waals surface area contributed by atoms with Crippen molar-refractivity contribution in [2.45, 2.75) is 89.3 Å². The molecule has 0 aromatic heterocycles. The summed E-state index contributed by atoms with van der Waals surface area (Å²) >= 11 is 0. The van der Waals surface area contributed by atoms with Crippen LogP contribution in [0.5, 0.6) is 0 Å². The number of ether oxygens (including phenoxy) is 2. The van der Waals surface area contributed by atoms with Gasteiger partial charge in [-0.05, 0) is 44.9 Å². The molecule has 0 spiro atoms. The summed E-state index contributed by atoms with van der Waals surface area (Å²) in [5.74, 6) is -6.76. The minimum atomic E-state index is -5.76. The molecule has 158 valence electrons. The second-order valence-corrected chi connectivity index (χ2v) is 7.19. The summed E-state index contributed by atoms with van der Waals surface area (Å²) in [7, 11) is 0. The molecule has 0 saturated heterocycles. The minimum absolute atomic E-state index is 0.185. The van der Waals surface area contributed by atoms with Crippen LogP contribution in [0.4, 0.5) is 22.0 Å². The Morgan fingerprint density at radius 1 is 1.07 bits per heavy atom. The molecule has 4 nitrogen and oxygen atoms in total. The lowest BCUT2D eigenvalue weighted by Crippen LogP contribution is -2.41. The van der Waals surface area contributed by atoms with Gasteiger partial charge in [-0.25, -0.2) is 0 Å². The van der Waals surface area contributed by atoms with Gasteiger partial charge in [0, 0.05) is 6.42 Å². The van der Waals surface area contributed by atoms with Crippen molar-refractivity contribution >= 4 is 11.9 Å². The van der Waals surface area contributed by atoms with E-state index in [-0.39, 0.29) is 24.7 Å². The summed E-state index contributed by atoms with van der Waals surface area (Å²) in [6.07, 6.45) is -0.852. The number of carbonyl (C=O) groups excluding carboxylic acids is 2. The van der Waals surface area contributed by atoms with E-state index in [1.54, 1.807) is 6.92 Å². The summed E-state index contributed by atoms with van der Waals surface area (Å²) in [6.45, 7) is 1.60. The fourth-order valence-electron chi connectivity index (χ4n) is 2.96. The summed E-state index contributed by atoms with van der Waals surface area (Å²) in [5, 5.41) is 0. The van der Waals surface area contributed by atoms with E-state index in [1.807, 2.05) is 6.92 Å². The molecule has 9 heteroatoms. The highest BCUT2D eigenvalue weighted by Gasteiger charge is 2.58. The van der Waals surface area contributed by atoms with Gasteiger partial charge in [0.25, 0.3) is 0 Å². The average Bonchev–Trinajstić information content (AvgIpc) is 2.59. The molecule has 1 fully saturated rings. The molecular weight excluding hydrogens is 375 g/mol. The Labute approximate surface area is 155 Å². The van der Waals surface area contributed by atoms with Crippen molar-refractivity contribution < 1.29 is 41.0 Å². The van der Waals surface area contributed by atoms with Crippen molar-refractivity contribution in [3.05, 3.63) is 0 Å². The Morgan fingerprint density at radius 2 is 1.67 bits per heavy atom. The average molecular weight is 402 g/mol. The van der Waals surface area contributed by atoms with E-state index >= 15 is 0 Å². The van der Waals surface area contributed by atoms with Crippen LogP contribution in [0.1, 0.15) is 71.6 Å². The number of alkyl halides is 5. The molecule has 0 N–H and O–H groups in total. The first-order valence-electron chi connectivity index (χ1n) is 9.25. The number of hydrogen-bond acceptors (Lipinski definition) is 4. The molecule has 0 amide bonds. The van der Waals surface area contributed by atoms with Gasteiger partial charge in [0.1, 0.15) is 5.60 Å². The molecular formula is C18H27F5O4. The largest absolute Gasteiger partial charge is 0.459 e. The smallest absolute Gasteiger partial charge is 0.456 e. The zero-order valence-corrected chi connectivity index (χ0v) is 15.7. The molecule has 1 atom stereocenters. The Hall–Kier alpha value is -1.41. The monoisotopic (exact) mass is 402 g/mol. The van der Waals surface area contributed by atoms with Gasteiger partial charge in [-0.3, -0.25) is 9.59 Å². The standard InChI is InChI=1S/C18H27F5O4/c1-3-13(2)15(25)27-16(9-5-4-6-10-16)11-7-8-14(24)26-12-17(19,20)18(21,22)23/h13H,3-12H2,1-2H3. The maximum Gasteiger partial charge on any atom is 0.456 e. The fourth-order valence-corrected chi connectivity index (χ4v) is 2.96. The van der Waals surface area contributed by atoms with Crippen LogP contribution in [0.2, 0.25) is 0 Å². The summed E-state index contributed by atoms with van der Waals surface area (Å²) in [6, 6.07) is 0. The second-order valence-electron chi connectivity index (χ2n) is 7.19. The molecule has 0 aromatic carbocycles. The predicted molar refractivity (Wildman–Crippen MR) is 87.2 cm³/mol. The zero-order chi connectivity index (χ0) is 20.7. The molecule has 0 aromatic rings. The van der Waals surface area contributed by atoms with Gasteiger partial charge in [-0.1, -0.05) is 20.3 Å². The molecule has 0 aliphatic heterocycles. The van der Waals surface area contributed by atoms with Crippen molar-refractivity contribution in [2.24, 2.45) is 5.92 Å². The predicted octanol–water partition coefficient (Wildman–Crippen LogP) is 5.19. The van der Waals surface area contributed by atoms with E-state index in [4.69, 9.17) is 4.74 Å². The summed E-state index contributed by atoms with van der Waals surface area (Å²) < 4.78 is 71.5. The molecule has 1 aliphatic carbocycles. The Balaban J connectivity index is 2.52. The zero-order valence-electron chi connectivity index (χ0n) is 15.7. The second kappa shape index (κ2) is 9.68. The maximum absolute atomic E-state index is 12.8. The lowest BCUT2D eigenvalue weighted by molar-refractivity contribution is -0.294. The molecule has 1 rings (SSSR count). The van der Waals surface area contributed by atoms with E-state index < -0.39 is 30.3 Å². The highest BCUT2D eigenvalue weighted by atomic mass is 19.4. The SMILES string of the molecule is CCC(C)C(=O)OC1(CCCC(=O)OCC(F)(F)C(F)(F)F)CCCCC1. The third-order valence-corrected chi connectivity index (χ3v) is 4.94. The molecule has 27 heavy (non-hydrogen) atoms. The normalized spacial score (nSPS) is 18.6. The van der Waals surface area contributed by atoms with Crippen LogP contribution >= 0.6 is 0 Å². The van der Waals surface area contributed by atoms with E-state index in [1.165, 1.54) is 0 Å². The van der Waals surface area contributed by atoms with Gasteiger partial charge >= 0.3 is 24.0 Å². The van der Waals surface area contributed by atoms with Gasteiger partial charge in [0.2, 0.25) is 0 Å². The number of halogens is 5. The van der Waals surface area contributed by atoms with Gasteiger partial charge in [0.15, 0.2) is 6.61 Å². The van der Waals surface area contributed by atoms with Crippen LogP contribution in [0.3, 0.4) is 0 Å². The highest BCUT2D eigenvalue weighted by molar-refractivity contribution is 5.72. The van der Waals surface area contributed by atoms with E-state index in [0.717, 1.165) is 19.3 Å². The van der Waals surface area contributed by atoms with Gasteiger partial charge in [-0.15, -0.1) is 0 Å². The topological polar surface area (TPSA) is 52.6 Å². The molecule has 0 heterocycles. The number of hydrogen-bond donors (Lipinski definition) is 0. The van der Waals surface area contributed by atoms with Crippen LogP contribution in [0.25, 0.3) is 0 Å². The van der Waals surface area contributed by atoms with Crippen LogP contribution in [0.15, 0.2) is 0 Å². The van der Waals surface area contributed by atoms with Crippen molar-refractivity contribution in [1.29, 1.82) is 0 Å². The number of rotatable bonds is 9. The van der Waals surface area contributed by atoms with E-state index in [9.17, 15) is 31.5 Å². The first-order chi connectivity index (χ1) is 12.4. The van der Waals surface area contributed by atoms with Gasteiger partial charge in [0.05, 0.1) is 5.92 Å². The lowest BCUT2D eigenvalue weighted by atomic mass is 9.81. The third kappa shape index (κ3) is 7.25. The van der Waals surface area contributed by atoms with E-state index in [0.29, 0.717) is 25.7 Å². The fraction of sp³-hybridized carbons (Fsp3) is 0.889. The number of carbonyl (C=O) groups is 2. The van der Waals surface area contributed by atoms with Crippen LogP contribution in [0, 0.1) is 5.92 Å². The summed E-state index contributed by atoms with van der Waals surface area (Å²) in [5.41, 5.74) is -0.699. The van der Waals surface area contributed by atoms with Crippen molar-refractivity contribution in [1.82, 2.24) is 0 Å². The maximum atomic E-state index is 12.8.